The highest BCUT2D eigenvalue weighted by Gasteiger charge is 1.98. The average Bonchev–Trinajstić information content (AvgIpc) is 2.39. The minimum absolute atomic E-state index is 0.164. The number of methoxy groups -OCH3 is 1. The lowest BCUT2D eigenvalue weighted by molar-refractivity contribution is 0.177. The van der Waals surface area contributed by atoms with Gasteiger partial charge in [0.25, 0.3) is 0 Å². The quantitative estimate of drug-likeness (QED) is 0.769. The maximum atomic E-state index is 10.6. The first-order valence-corrected chi connectivity index (χ1v) is 5.15. The number of hydrogen-bond donors (Lipinski definition) is 0. The summed E-state index contributed by atoms with van der Waals surface area (Å²) in [6.07, 6.45) is 0. The number of ether oxygens (including phenoxy) is 1. The van der Waals surface area contributed by atoms with Gasteiger partial charge in [0.15, 0.2) is 0 Å². The van der Waals surface area contributed by atoms with Gasteiger partial charge in [-0.2, -0.15) is 0 Å². The molecule has 0 aliphatic rings. The first-order valence-electron chi connectivity index (χ1n) is 5.15. The Labute approximate surface area is 95.1 Å². The second kappa shape index (κ2) is 4.81. The van der Waals surface area contributed by atoms with E-state index in [0.29, 0.717) is 0 Å². The van der Waals surface area contributed by atoms with Crippen molar-refractivity contribution in [3.8, 4) is 16.9 Å². The van der Waals surface area contributed by atoms with Crippen LogP contribution in [0.5, 0.6) is 5.75 Å². The van der Waals surface area contributed by atoms with Crippen LogP contribution < -0.4 is 4.74 Å². The van der Waals surface area contributed by atoms with Crippen LogP contribution in [0.4, 0.5) is 0 Å². The van der Waals surface area contributed by atoms with E-state index in [9.17, 15) is 5.11 Å². The number of benzene rings is 2. The highest BCUT2D eigenvalue weighted by atomic mass is 16.5. The van der Waals surface area contributed by atoms with Crippen molar-refractivity contribution >= 4 is 0 Å². The Balaban J connectivity index is 2.28. The third kappa shape index (κ3) is 2.23. The van der Waals surface area contributed by atoms with Gasteiger partial charge >= 0.3 is 0 Å². The van der Waals surface area contributed by atoms with Gasteiger partial charge in [0.05, 0.1) is 7.11 Å². The normalized spacial score (nSPS) is 10.1. The molecule has 2 heteroatoms. The Kier molecular flexibility index (Phi) is 3.22. The molecule has 81 valence electrons. The van der Waals surface area contributed by atoms with Crippen LogP contribution in [0.15, 0.2) is 48.5 Å². The zero-order valence-corrected chi connectivity index (χ0v) is 9.14. The summed E-state index contributed by atoms with van der Waals surface area (Å²) in [7, 11) is 1.65. The predicted molar refractivity (Wildman–Crippen MR) is 62.8 cm³/mol. The molecule has 0 heterocycles. The molecule has 0 bridgehead atoms. The summed E-state index contributed by atoms with van der Waals surface area (Å²) in [6.45, 7) is -0.164. The van der Waals surface area contributed by atoms with E-state index >= 15 is 0 Å². The van der Waals surface area contributed by atoms with Crippen molar-refractivity contribution in [1.82, 2.24) is 0 Å². The fourth-order valence-corrected chi connectivity index (χ4v) is 1.58. The van der Waals surface area contributed by atoms with Gasteiger partial charge < -0.3 is 4.74 Å². The molecule has 0 saturated heterocycles. The Hall–Kier alpha value is -1.80. The molecule has 0 fully saturated rings. The lowest BCUT2D eigenvalue weighted by Crippen LogP contribution is -1.84. The van der Waals surface area contributed by atoms with Crippen LogP contribution >= 0.6 is 0 Å². The molecule has 2 aromatic carbocycles. The Morgan fingerprint density at radius 3 is 1.81 bits per heavy atom. The fourth-order valence-electron chi connectivity index (χ4n) is 1.58. The first kappa shape index (κ1) is 10.7. The monoisotopic (exact) mass is 213 g/mol. The second-order valence-electron chi connectivity index (χ2n) is 3.57. The lowest BCUT2D eigenvalue weighted by Gasteiger charge is -2.04. The van der Waals surface area contributed by atoms with Crippen molar-refractivity contribution in [2.24, 2.45) is 0 Å². The van der Waals surface area contributed by atoms with Crippen LogP contribution in [0.25, 0.3) is 11.1 Å². The molecule has 0 N–H and O–H groups in total. The SMILES string of the molecule is COc1ccc(-c2ccc(C[O])cc2)cc1. The summed E-state index contributed by atoms with van der Waals surface area (Å²) in [5.41, 5.74) is 3.05. The standard InChI is InChI=1S/C14H13O2/c1-16-14-8-6-13(7-9-14)12-4-2-11(10-15)3-5-12/h2-9H,10H2,1H3. The second-order valence-corrected chi connectivity index (χ2v) is 3.57. The lowest BCUT2D eigenvalue weighted by atomic mass is 10.0. The van der Waals surface area contributed by atoms with E-state index in [4.69, 9.17) is 4.74 Å². The molecule has 0 unspecified atom stereocenters. The molecule has 0 amide bonds. The van der Waals surface area contributed by atoms with Gasteiger partial charge in [-0.1, -0.05) is 36.4 Å². The van der Waals surface area contributed by atoms with E-state index in [-0.39, 0.29) is 6.61 Å². The largest absolute Gasteiger partial charge is 0.497 e. The van der Waals surface area contributed by atoms with Gasteiger partial charge in [-0.3, -0.25) is 0 Å². The van der Waals surface area contributed by atoms with E-state index in [2.05, 4.69) is 0 Å². The number of rotatable bonds is 3. The van der Waals surface area contributed by atoms with E-state index < -0.39 is 0 Å². The van der Waals surface area contributed by atoms with E-state index in [1.165, 1.54) is 0 Å². The van der Waals surface area contributed by atoms with Crippen LogP contribution in [0.1, 0.15) is 5.56 Å². The van der Waals surface area contributed by atoms with Gasteiger partial charge in [0.1, 0.15) is 12.4 Å². The van der Waals surface area contributed by atoms with Crippen LogP contribution in [-0.2, 0) is 11.7 Å². The minimum Gasteiger partial charge on any atom is -0.497 e. The molecule has 2 nitrogen and oxygen atoms in total. The summed E-state index contributed by atoms with van der Waals surface area (Å²) < 4.78 is 5.10. The summed E-state index contributed by atoms with van der Waals surface area (Å²) in [5.74, 6) is 0.847. The van der Waals surface area contributed by atoms with Gasteiger partial charge in [-0.25, -0.2) is 5.11 Å². The third-order valence-corrected chi connectivity index (χ3v) is 2.54. The Morgan fingerprint density at radius 2 is 1.38 bits per heavy atom. The first-order chi connectivity index (χ1) is 7.83. The zero-order chi connectivity index (χ0) is 11.4. The van der Waals surface area contributed by atoms with Crippen LogP contribution in [0, 0.1) is 0 Å². The van der Waals surface area contributed by atoms with Gasteiger partial charge in [0.2, 0.25) is 0 Å². The zero-order valence-electron chi connectivity index (χ0n) is 9.14. The van der Waals surface area contributed by atoms with E-state index in [1.54, 1.807) is 7.11 Å². The molecule has 1 radical (unpaired) electrons. The van der Waals surface area contributed by atoms with Crippen molar-refractivity contribution < 1.29 is 9.84 Å². The van der Waals surface area contributed by atoms with Crippen LogP contribution in [-0.4, -0.2) is 7.11 Å². The third-order valence-electron chi connectivity index (χ3n) is 2.54. The van der Waals surface area contributed by atoms with Crippen LogP contribution in [0.3, 0.4) is 0 Å². The highest BCUT2D eigenvalue weighted by Crippen LogP contribution is 2.22. The van der Waals surface area contributed by atoms with Crippen molar-refractivity contribution in [2.75, 3.05) is 7.11 Å². The number of hydrogen-bond acceptors (Lipinski definition) is 1. The topological polar surface area (TPSA) is 29.1 Å². The maximum Gasteiger partial charge on any atom is 0.118 e. The molecule has 2 rings (SSSR count). The summed E-state index contributed by atoms with van der Waals surface area (Å²) in [5, 5.41) is 10.6. The maximum absolute atomic E-state index is 10.6. The summed E-state index contributed by atoms with van der Waals surface area (Å²) >= 11 is 0. The molecule has 0 aromatic heterocycles. The molecule has 0 spiro atoms. The molecular weight excluding hydrogens is 200 g/mol. The van der Waals surface area contributed by atoms with Crippen LogP contribution in [0.2, 0.25) is 0 Å². The van der Waals surface area contributed by atoms with Crippen molar-refractivity contribution in [3.05, 3.63) is 54.1 Å². The molecule has 0 aliphatic heterocycles. The molecule has 0 aliphatic carbocycles. The molecule has 0 saturated carbocycles. The smallest absolute Gasteiger partial charge is 0.118 e. The van der Waals surface area contributed by atoms with E-state index in [1.807, 2.05) is 48.5 Å². The van der Waals surface area contributed by atoms with Gasteiger partial charge in [-0.05, 0) is 28.8 Å². The average molecular weight is 213 g/mol. The van der Waals surface area contributed by atoms with Crippen molar-refractivity contribution in [2.45, 2.75) is 6.61 Å². The molecule has 0 atom stereocenters. The van der Waals surface area contributed by atoms with Gasteiger partial charge in [0, 0.05) is 0 Å². The van der Waals surface area contributed by atoms with Crippen molar-refractivity contribution in [3.63, 3.8) is 0 Å². The van der Waals surface area contributed by atoms with Crippen molar-refractivity contribution in [1.29, 1.82) is 0 Å². The minimum atomic E-state index is -0.164. The Bertz CT molecular complexity index is 398. The van der Waals surface area contributed by atoms with E-state index in [0.717, 1.165) is 22.4 Å². The Morgan fingerprint density at radius 1 is 0.875 bits per heavy atom. The summed E-state index contributed by atoms with van der Waals surface area (Å²) in [6, 6.07) is 15.5. The van der Waals surface area contributed by atoms with Gasteiger partial charge in [-0.15, -0.1) is 0 Å². The summed E-state index contributed by atoms with van der Waals surface area (Å²) in [4.78, 5) is 0. The molecule has 16 heavy (non-hydrogen) atoms. The highest BCUT2D eigenvalue weighted by molar-refractivity contribution is 5.64. The fraction of sp³-hybridized carbons (Fsp3) is 0.143. The molecular formula is C14H13O2. The predicted octanol–water partition coefficient (Wildman–Crippen LogP) is 3.29. The molecule has 2 aromatic rings.